The van der Waals surface area contributed by atoms with Gasteiger partial charge in [-0.15, -0.1) is 4.40 Å². The summed E-state index contributed by atoms with van der Waals surface area (Å²) in [4.78, 5) is 12.0. The molecule has 0 saturated heterocycles. The first kappa shape index (κ1) is 17.1. The van der Waals surface area contributed by atoms with Crippen LogP contribution in [0.4, 0.5) is 10.1 Å². The van der Waals surface area contributed by atoms with Gasteiger partial charge in [0.2, 0.25) is 5.91 Å². The van der Waals surface area contributed by atoms with Gasteiger partial charge in [0.1, 0.15) is 5.82 Å². The van der Waals surface area contributed by atoms with Crippen molar-refractivity contribution < 1.29 is 17.6 Å². The Morgan fingerprint density at radius 1 is 1.30 bits per heavy atom. The average molecular weight is 339 g/mol. The highest BCUT2D eigenvalue weighted by Gasteiger charge is 2.20. The lowest BCUT2D eigenvalue weighted by molar-refractivity contribution is -0.116. The van der Waals surface area contributed by atoms with Gasteiger partial charge in [-0.2, -0.15) is 8.42 Å². The van der Waals surface area contributed by atoms with E-state index in [1.54, 1.807) is 20.8 Å². The van der Waals surface area contributed by atoms with E-state index < -0.39 is 10.2 Å². The number of hydrogen-bond acceptors (Lipinski definition) is 3. The monoisotopic (exact) mass is 339 g/mol. The Morgan fingerprint density at radius 2 is 2.00 bits per heavy atom. The fraction of sp³-hybridized carbons (Fsp3) is 0.333. The number of nitrogens with one attached hydrogen (secondary N) is 2. The quantitative estimate of drug-likeness (QED) is 0.883. The molecule has 0 fully saturated rings. The van der Waals surface area contributed by atoms with Gasteiger partial charge in [-0.05, 0) is 56.5 Å². The number of benzene rings is 1. The van der Waals surface area contributed by atoms with Crippen molar-refractivity contribution in [3.8, 4) is 0 Å². The molecule has 0 radical (unpaired) electrons. The zero-order valence-corrected chi connectivity index (χ0v) is 13.9. The normalized spacial score (nSPS) is 16.6. The molecule has 0 bridgehead atoms. The van der Waals surface area contributed by atoms with Crippen molar-refractivity contribution in [2.24, 2.45) is 4.40 Å². The number of nitrogens with zero attached hydrogens (tertiary/aromatic N) is 1. The molecule has 0 atom stereocenters. The first-order valence-electron chi connectivity index (χ1n) is 7.03. The molecule has 1 aromatic rings. The van der Waals surface area contributed by atoms with Gasteiger partial charge >= 0.3 is 10.2 Å². The molecule has 2 rings (SSSR count). The smallest absolute Gasteiger partial charge is 0.326 e. The maximum atomic E-state index is 13.0. The molecule has 1 aliphatic heterocycles. The lowest BCUT2D eigenvalue weighted by Crippen LogP contribution is -2.28. The number of halogens is 1. The minimum absolute atomic E-state index is 0.165. The van der Waals surface area contributed by atoms with Crippen LogP contribution >= 0.6 is 0 Å². The van der Waals surface area contributed by atoms with E-state index in [0.29, 0.717) is 34.7 Å². The average Bonchev–Trinajstić information content (AvgIpc) is 2.39. The van der Waals surface area contributed by atoms with Crippen LogP contribution in [0.2, 0.25) is 0 Å². The van der Waals surface area contributed by atoms with Gasteiger partial charge in [0.05, 0.1) is 5.71 Å². The Balaban J connectivity index is 2.01. The highest BCUT2D eigenvalue weighted by molar-refractivity contribution is 7.88. The predicted molar refractivity (Wildman–Crippen MR) is 86.9 cm³/mol. The summed E-state index contributed by atoms with van der Waals surface area (Å²) < 4.78 is 41.8. The van der Waals surface area contributed by atoms with E-state index in [-0.39, 0.29) is 18.1 Å². The SMILES string of the molecule is CC1=NS(=O)(=O)NC(C)=C1CCC(=O)Nc1ccc(F)cc1C. The molecule has 0 aliphatic carbocycles. The lowest BCUT2D eigenvalue weighted by Gasteiger charge is -2.18. The summed E-state index contributed by atoms with van der Waals surface area (Å²) in [5.41, 5.74) is 2.75. The number of anilines is 1. The van der Waals surface area contributed by atoms with Crippen molar-refractivity contribution in [1.82, 2.24) is 4.72 Å². The molecule has 1 aliphatic rings. The van der Waals surface area contributed by atoms with Crippen molar-refractivity contribution >= 4 is 27.5 Å². The molecule has 6 nitrogen and oxygen atoms in total. The number of rotatable bonds is 4. The Bertz CT molecular complexity index is 813. The van der Waals surface area contributed by atoms with E-state index in [2.05, 4.69) is 14.4 Å². The lowest BCUT2D eigenvalue weighted by atomic mass is 10.0. The van der Waals surface area contributed by atoms with E-state index in [1.807, 2.05) is 0 Å². The molecular formula is C15H18FN3O3S. The van der Waals surface area contributed by atoms with Crippen LogP contribution in [0.25, 0.3) is 0 Å². The number of carbonyl (C=O) groups excluding carboxylic acids is 1. The zero-order chi connectivity index (χ0) is 17.2. The summed E-state index contributed by atoms with van der Waals surface area (Å²) >= 11 is 0. The van der Waals surface area contributed by atoms with Crippen LogP contribution in [0, 0.1) is 12.7 Å². The molecule has 1 amide bonds. The van der Waals surface area contributed by atoms with Gasteiger partial charge < -0.3 is 5.32 Å². The third-order valence-electron chi connectivity index (χ3n) is 3.49. The van der Waals surface area contributed by atoms with E-state index in [9.17, 15) is 17.6 Å². The molecule has 1 heterocycles. The van der Waals surface area contributed by atoms with Gasteiger partial charge in [-0.1, -0.05) is 0 Å². The summed E-state index contributed by atoms with van der Waals surface area (Å²) in [5, 5.41) is 2.72. The maximum Gasteiger partial charge on any atom is 0.342 e. The molecule has 2 N–H and O–H groups in total. The summed E-state index contributed by atoms with van der Waals surface area (Å²) in [6.45, 7) is 4.93. The Labute approximate surface area is 134 Å². The number of amides is 1. The third-order valence-corrected chi connectivity index (χ3v) is 4.57. The van der Waals surface area contributed by atoms with Gasteiger partial charge in [-0.3, -0.25) is 9.52 Å². The fourth-order valence-corrected chi connectivity index (χ4v) is 3.40. The van der Waals surface area contributed by atoms with Crippen LogP contribution < -0.4 is 10.0 Å². The first-order valence-corrected chi connectivity index (χ1v) is 8.47. The number of aryl methyl sites for hydroxylation is 1. The van der Waals surface area contributed by atoms with E-state index in [1.165, 1.54) is 18.2 Å². The molecule has 0 aromatic heterocycles. The van der Waals surface area contributed by atoms with Crippen LogP contribution in [0.15, 0.2) is 33.9 Å². The predicted octanol–water partition coefficient (Wildman–Crippen LogP) is 2.44. The molecule has 0 spiro atoms. The Morgan fingerprint density at radius 3 is 2.61 bits per heavy atom. The van der Waals surface area contributed by atoms with E-state index in [4.69, 9.17) is 0 Å². The fourth-order valence-electron chi connectivity index (χ4n) is 2.37. The van der Waals surface area contributed by atoms with Crippen LogP contribution in [0.3, 0.4) is 0 Å². The number of hydrogen-bond donors (Lipinski definition) is 2. The second kappa shape index (κ2) is 6.49. The molecule has 8 heteroatoms. The highest BCUT2D eigenvalue weighted by atomic mass is 32.2. The van der Waals surface area contributed by atoms with E-state index >= 15 is 0 Å². The molecule has 0 saturated carbocycles. The van der Waals surface area contributed by atoms with Crippen LogP contribution in [0.5, 0.6) is 0 Å². The molecule has 0 unspecified atom stereocenters. The second-order valence-electron chi connectivity index (χ2n) is 5.36. The van der Waals surface area contributed by atoms with Crippen molar-refractivity contribution in [3.63, 3.8) is 0 Å². The van der Waals surface area contributed by atoms with Gasteiger partial charge in [-0.25, -0.2) is 4.39 Å². The van der Waals surface area contributed by atoms with Crippen LogP contribution in [-0.2, 0) is 15.0 Å². The molecule has 124 valence electrons. The van der Waals surface area contributed by atoms with Crippen molar-refractivity contribution in [2.75, 3.05) is 5.32 Å². The second-order valence-corrected chi connectivity index (χ2v) is 6.70. The minimum Gasteiger partial charge on any atom is -0.326 e. The van der Waals surface area contributed by atoms with Gasteiger partial charge in [0, 0.05) is 17.8 Å². The van der Waals surface area contributed by atoms with E-state index in [0.717, 1.165) is 0 Å². The Kier molecular flexibility index (Phi) is 4.84. The Hall–Kier alpha value is -2.22. The summed E-state index contributed by atoms with van der Waals surface area (Å²) in [6, 6.07) is 4.13. The third kappa shape index (κ3) is 4.38. The number of allylic oxidation sites excluding steroid dienone is 2. The largest absolute Gasteiger partial charge is 0.342 e. The van der Waals surface area contributed by atoms with Crippen molar-refractivity contribution in [1.29, 1.82) is 0 Å². The molecule has 1 aromatic carbocycles. The maximum absolute atomic E-state index is 13.0. The van der Waals surface area contributed by atoms with Crippen LogP contribution in [-0.4, -0.2) is 20.0 Å². The number of carbonyl (C=O) groups is 1. The van der Waals surface area contributed by atoms with Gasteiger partial charge in [0.25, 0.3) is 0 Å². The van der Waals surface area contributed by atoms with Crippen molar-refractivity contribution in [2.45, 2.75) is 33.6 Å². The van der Waals surface area contributed by atoms with Gasteiger partial charge in [0.15, 0.2) is 0 Å². The first-order chi connectivity index (χ1) is 10.7. The minimum atomic E-state index is -3.67. The summed E-state index contributed by atoms with van der Waals surface area (Å²) in [7, 11) is -3.67. The topological polar surface area (TPSA) is 87.6 Å². The standard InChI is InChI=1S/C15H18FN3O3S/c1-9-8-12(16)4-6-14(9)17-15(20)7-5-13-10(2)18-23(21,22)19-11(13)3/h4,6,8,18H,5,7H2,1-3H3,(H,17,20). The molecular weight excluding hydrogens is 321 g/mol. The van der Waals surface area contributed by atoms with Crippen molar-refractivity contribution in [3.05, 3.63) is 40.8 Å². The summed E-state index contributed by atoms with van der Waals surface area (Å²) in [5.74, 6) is -0.594. The highest BCUT2D eigenvalue weighted by Crippen LogP contribution is 2.20. The summed E-state index contributed by atoms with van der Waals surface area (Å²) in [6.07, 6.45) is 0.522. The zero-order valence-electron chi connectivity index (χ0n) is 13.1. The van der Waals surface area contributed by atoms with Crippen LogP contribution in [0.1, 0.15) is 32.3 Å². The molecule has 23 heavy (non-hydrogen) atoms.